The van der Waals surface area contributed by atoms with Crippen molar-refractivity contribution in [3.8, 4) is 0 Å². The lowest BCUT2D eigenvalue weighted by molar-refractivity contribution is 0.419. The zero-order valence-corrected chi connectivity index (χ0v) is 12.0. The van der Waals surface area contributed by atoms with Gasteiger partial charge in [-0.3, -0.25) is 0 Å². The first-order valence-electron chi connectivity index (χ1n) is 7.42. The molecule has 1 saturated carbocycles. The number of para-hydroxylation sites is 1. The van der Waals surface area contributed by atoms with Crippen LogP contribution in [-0.4, -0.2) is 6.54 Å². The van der Waals surface area contributed by atoms with Crippen molar-refractivity contribution in [3.05, 3.63) is 35.6 Å². The average molecular weight is 257 g/mol. The summed E-state index contributed by atoms with van der Waals surface area (Å²) in [7, 11) is 0. The Kier molecular flexibility index (Phi) is 3.36. The number of fused-ring (bicyclic) bond motifs is 1. The number of nitrogens with one attached hydrogen (secondary N) is 1. The summed E-state index contributed by atoms with van der Waals surface area (Å²) in [6.07, 6.45) is 5.47. The number of aryl methyl sites for hydroxylation is 1. The van der Waals surface area contributed by atoms with Gasteiger partial charge in [0.2, 0.25) is 0 Å². The number of hydrogen-bond acceptors (Lipinski definition) is 2. The molecule has 0 unspecified atom stereocenters. The van der Waals surface area contributed by atoms with Crippen LogP contribution in [0.1, 0.15) is 43.9 Å². The highest BCUT2D eigenvalue weighted by atomic mass is 16.3. The third kappa shape index (κ3) is 2.55. The van der Waals surface area contributed by atoms with E-state index >= 15 is 0 Å². The van der Waals surface area contributed by atoms with Crippen LogP contribution in [0.5, 0.6) is 0 Å². The molecule has 0 amide bonds. The Labute approximate surface area is 115 Å². The van der Waals surface area contributed by atoms with Crippen molar-refractivity contribution in [1.82, 2.24) is 5.32 Å². The second-order valence-electron chi connectivity index (χ2n) is 5.99. The molecule has 0 radical (unpaired) electrons. The normalized spacial score (nSPS) is 16.9. The van der Waals surface area contributed by atoms with Crippen molar-refractivity contribution in [1.29, 1.82) is 0 Å². The quantitative estimate of drug-likeness (QED) is 0.829. The van der Waals surface area contributed by atoms with Gasteiger partial charge in [-0.05, 0) is 37.7 Å². The molecule has 1 aromatic carbocycles. The fourth-order valence-electron chi connectivity index (χ4n) is 3.12. The summed E-state index contributed by atoms with van der Waals surface area (Å²) in [4.78, 5) is 0. The maximum Gasteiger partial charge on any atom is 0.134 e. The minimum Gasteiger partial charge on any atom is -0.461 e. The fraction of sp³-hybridized carbons (Fsp3) is 0.529. The monoisotopic (exact) mass is 257 g/mol. The van der Waals surface area contributed by atoms with Crippen LogP contribution in [0.25, 0.3) is 11.0 Å². The third-order valence-electron chi connectivity index (χ3n) is 4.44. The molecule has 19 heavy (non-hydrogen) atoms. The molecule has 2 nitrogen and oxygen atoms in total. The smallest absolute Gasteiger partial charge is 0.134 e. The van der Waals surface area contributed by atoms with Crippen LogP contribution in [-0.2, 0) is 6.54 Å². The first-order chi connectivity index (χ1) is 9.24. The molecule has 3 rings (SSSR count). The van der Waals surface area contributed by atoms with Gasteiger partial charge in [-0.15, -0.1) is 0 Å². The van der Waals surface area contributed by atoms with E-state index < -0.39 is 0 Å². The van der Waals surface area contributed by atoms with E-state index in [2.05, 4.69) is 31.3 Å². The lowest BCUT2D eigenvalue weighted by Gasteiger charge is -2.14. The van der Waals surface area contributed by atoms with E-state index in [1.165, 1.54) is 36.6 Å². The third-order valence-corrected chi connectivity index (χ3v) is 4.44. The van der Waals surface area contributed by atoms with Gasteiger partial charge in [-0.2, -0.15) is 0 Å². The highest BCUT2D eigenvalue weighted by molar-refractivity contribution is 5.82. The van der Waals surface area contributed by atoms with Crippen molar-refractivity contribution >= 4 is 11.0 Å². The zero-order chi connectivity index (χ0) is 13.3. The van der Waals surface area contributed by atoms with E-state index in [1.807, 2.05) is 12.1 Å². The molecule has 102 valence electrons. The van der Waals surface area contributed by atoms with E-state index in [0.717, 1.165) is 24.4 Å². The maximum absolute atomic E-state index is 5.80. The van der Waals surface area contributed by atoms with Gasteiger partial charge in [0.05, 0.1) is 0 Å². The highest BCUT2D eigenvalue weighted by Crippen LogP contribution is 2.49. The Balaban J connectivity index is 1.67. The molecule has 0 aliphatic heterocycles. The van der Waals surface area contributed by atoms with Crippen LogP contribution in [0.4, 0.5) is 0 Å². The highest BCUT2D eigenvalue weighted by Gasteiger charge is 2.40. The van der Waals surface area contributed by atoms with Crippen LogP contribution in [0.3, 0.4) is 0 Å². The second-order valence-corrected chi connectivity index (χ2v) is 5.99. The summed E-state index contributed by atoms with van der Waals surface area (Å²) in [6.45, 7) is 6.43. The largest absolute Gasteiger partial charge is 0.461 e. The Morgan fingerprint density at radius 2 is 2.05 bits per heavy atom. The van der Waals surface area contributed by atoms with Crippen molar-refractivity contribution in [3.63, 3.8) is 0 Å². The van der Waals surface area contributed by atoms with Crippen molar-refractivity contribution in [2.45, 2.75) is 46.1 Å². The van der Waals surface area contributed by atoms with Gasteiger partial charge in [0, 0.05) is 24.0 Å². The molecule has 0 bridgehead atoms. The summed E-state index contributed by atoms with van der Waals surface area (Å²) >= 11 is 0. The maximum atomic E-state index is 5.80. The van der Waals surface area contributed by atoms with E-state index in [1.54, 1.807) is 0 Å². The second kappa shape index (κ2) is 5.01. The average Bonchev–Trinajstić information content (AvgIpc) is 3.08. The van der Waals surface area contributed by atoms with Gasteiger partial charge < -0.3 is 9.73 Å². The molecule has 1 aliphatic carbocycles. The minimum atomic E-state index is 0.613. The van der Waals surface area contributed by atoms with Crippen LogP contribution >= 0.6 is 0 Å². The molecule has 1 heterocycles. The lowest BCUT2D eigenvalue weighted by atomic mass is 10.0. The van der Waals surface area contributed by atoms with Crippen LogP contribution in [0.2, 0.25) is 0 Å². The Morgan fingerprint density at radius 3 is 2.79 bits per heavy atom. The van der Waals surface area contributed by atoms with E-state index in [9.17, 15) is 0 Å². The molecule has 2 aromatic rings. The first-order valence-corrected chi connectivity index (χ1v) is 7.42. The predicted octanol–water partition coefficient (Wildman–Crippen LogP) is 4.41. The van der Waals surface area contributed by atoms with E-state index in [0.29, 0.717) is 5.41 Å². The van der Waals surface area contributed by atoms with Crippen molar-refractivity contribution in [2.75, 3.05) is 6.54 Å². The lowest BCUT2D eigenvalue weighted by Crippen LogP contribution is -2.23. The van der Waals surface area contributed by atoms with Gasteiger partial charge in [-0.25, -0.2) is 0 Å². The summed E-state index contributed by atoms with van der Waals surface area (Å²) in [6, 6.07) is 8.32. The summed E-state index contributed by atoms with van der Waals surface area (Å²) in [5.41, 5.74) is 2.94. The first kappa shape index (κ1) is 12.7. The van der Waals surface area contributed by atoms with Gasteiger partial charge in [0.15, 0.2) is 0 Å². The Morgan fingerprint density at radius 1 is 1.26 bits per heavy atom. The standard InChI is InChI=1S/C17H23NO/c1-3-8-17(9-10-17)12-18-11-15-13(2)19-16-7-5-4-6-14(15)16/h4-7,18H,3,8-12H2,1-2H3. The number of furan rings is 1. The Bertz CT molecular complexity index is 566. The van der Waals surface area contributed by atoms with Gasteiger partial charge in [0.25, 0.3) is 0 Å². The van der Waals surface area contributed by atoms with Crippen molar-refractivity contribution < 1.29 is 4.42 Å². The van der Waals surface area contributed by atoms with Crippen molar-refractivity contribution in [2.24, 2.45) is 5.41 Å². The molecule has 1 fully saturated rings. The Hall–Kier alpha value is -1.28. The molecule has 0 spiro atoms. The molecule has 1 aliphatic rings. The SMILES string of the molecule is CCCC1(CNCc2c(C)oc3ccccc23)CC1. The molecule has 2 heteroatoms. The van der Waals surface area contributed by atoms with Crippen LogP contribution < -0.4 is 5.32 Å². The summed E-state index contributed by atoms with van der Waals surface area (Å²) in [5, 5.41) is 4.91. The summed E-state index contributed by atoms with van der Waals surface area (Å²) < 4.78 is 5.80. The number of benzene rings is 1. The molecular formula is C17H23NO. The number of rotatable bonds is 6. The van der Waals surface area contributed by atoms with Crippen LogP contribution in [0, 0.1) is 12.3 Å². The van der Waals surface area contributed by atoms with E-state index in [4.69, 9.17) is 4.42 Å². The molecule has 0 atom stereocenters. The molecular weight excluding hydrogens is 234 g/mol. The number of hydrogen-bond donors (Lipinski definition) is 1. The molecule has 1 N–H and O–H groups in total. The predicted molar refractivity (Wildman–Crippen MR) is 79.2 cm³/mol. The fourth-order valence-corrected chi connectivity index (χ4v) is 3.12. The molecule has 1 aromatic heterocycles. The van der Waals surface area contributed by atoms with Crippen LogP contribution in [0.15, 0.2) is 28.7 Å². The van der Waals surface area contributed by atoms with E-state index in [-0.39, 0.29) is 0 Å². The van der Waals surface area contributed by atoms with Gasteiger partial charge >= 0.3 is 0 Å². The van der Waals surface area contributed by atoms with Gasteiger partial charge in [0.1, 0.15) is 11.3 Å². The zero-order valence-electron chi connectivity index (χ0n) is 12.0. The minimum absolute atomic E-state index is 0.613. The topological polar surface area (TPSA) is 25.2 Å². The molecule has 0 saturated heterocycles. The summed E-state index contributed by atoms with van der Waals surface area (Å²) in [5.74, 6) is 1.05. The van der Waals surface area contributed by atoms with Gasteiger partial charge in [-0.1, -0.05) is 31.5 Å².